The number of likely N-dealkylation sites (tertiary alicyclic amines) is 1. The SMILES string of the molecule is COc1ccc(CN2CCC(N(C(=O)c3cccc(Cl)c3)c3ccc(F)cc3)CC2)c(OC)c1. The molecule has 3 aromatic carbocycles. The largest absolute Gasteiger partial charge is 0.497 e. The van der Waals surface area contributed by atoms with Crippen LogP contribution in [-0.4, -0.2) is 44.2 Å². The fourth-order valence-electron chi connectivity index (χ4n) is 4.42. The number of ether oxygens (including phenoxy) is 2. The fraction of sp³-hybridized carbons (Fsp3) is 0.296. The number of piperidine rings is 1. The van der Waals surface area contributed by atoms with Gasteiger partial charge in [0.05, 0.1) is 14.2 Å². The molecule has 1 fully saturated rings. The molecule has 1 amide bonds. The Hall–Kier alpha value is -3.09. The summed E-state index contributed by atoms with van der Waals surface area (Å²) in [4.78, 5) is 17.7. The summed E-state index contributed by atoms with van der Waals surface area (Å²) in [5.41, 5.74) is 2.29. The second kappa shape index (κ2) is 10.9. The van der Waals surface area contributed by atoms with Crippen molar-refractivity contribution in [1.29, 1.82) is 0 Å². The molecule has 0 radical (unpaired) electrons. The Kier molecular flexibility index (Phi) is 7.70. The smallest absolute Gasteiger partial charge is 0.258 e. The van der Waals surface area contributed by atoms with E-state index in [4.69, 9.17) is 21.1 Å². The van der Waals surface area contributed by atoms with Crippen molar-refractivity contribution in [3.05, 3.63) is 88.7 Å². The van der Waals surface area contributed by atoms with Crippen LogP contribution >= 0.6 is 11.6 Å². The summed E-state index contributed by atoms with van der Waals surface area (Å²) in [6.45, 7) is 2.39. The van der Waals surface area contributed by atoms with Gasteiger partial charge in [0.25, 0.3) is 5.91 Å². The Labute approximate surface area is 204 Å². The lowest BCUT2D eigenvalue weighted by Gasteiger charge is -2.39. The lowest BCUT2D eigenvalue weighted by molar-refractivity contribution is 0.0958. The van der Waals surface area contributed by atoms with E-state index < -0.39 is 0 Å². The molecule has 0 atom stereocenters. The number of hydrogen-bond donors (Lipinski definition) is 0. The van der Waals surface area contributed by atoms with Gasteiger partial charge in [0, 0.05) is 53.6 Å². The van der Waals surface area contributed by atoms with Gasteiger partial charge in [-0.1, -0.05) is 23.7 Å². The summed E-state index contributed by atoms with van der Waals surface area (Å²) >= 11 is 6.14. The first-order valence-electron chi connectivity index (χ1n) is 11.3. The molecular formula is C27H28ClFN2O3. The molecule has 0 unspecified atom stereocenters. The number of carbonyl (C=O) groups excluding carboxylic acids is 1. The van der Waals surface area contributed by atoms with Crippen molar-refractivity contribution in [3.8, 4) is 11.5 Å². The minimum atomic E-state index is -0.331. The topological polar surface area (TPSA) is 42.0 Å². The Bertz CT molecular complexity index is 1130. The first-order chi connectivity index (χ1) is 16.5. The van der Waals surface area contributed by atoms with Crippen molar-refractivity contribution >= 4 is 23.2 Å². The Balaban J connectivity index is 1.51. The molecule has 3 aromatic rings. The van der Waals surface area contributed by atoms with Crippen LogP contribution in [0.4, 0.5) is 10.1 Å². The molecule has 1 aliphatic heterocycles. The zero-order valence-corrected chi connectivity index (χ0v) is 20.1. The van der Waals surface area contributed by atoms with Gasteiger partial charge in [-0.3, -0.25) is 9.69 Å². The van der Waals surface area contributed by atoms with E-state index in [1.807, 2.05) is 18.2 Å². The number of benzene rings is 3. The highest BCUT2D eigenvalue weighted by Gasteiger charge is 2.30. The van der Waals surface area contributed by atoms with Gasteiger partial charge in [0.1, 0.15) is 17.3 Å². The van der Waals surface area contributed by atoms with Crippen molar-refractivity contribution in [2.75, 3.05) is 32.2 Å². The van der Waals surface area contributed by atoms with Gasteiger partial charge in [-0.25, -0.2) is 4.39 Å². The van der Waals surface area contributed by atoms with Gasteiger partial charge in [-0.05, 0) is 61.4 Å². The predicted molar refractivity (Wildman–Crippen MR) is 133 cm³/mol. The van der Waals surface area contributed by atoms with E-state index in [-0.39, 0.29) is 17.8 Å². The second-order valence-corrected chi connectivity index (χ2v) is 8.78. The normalized spacial score (nSPS) is 14.6. The van der Waals surface area contributed by atoms with Crippen molar-refractivity contribution < 1.29 is 18.7 Å². The highest BCUT2D eigenvalue weighted by atomic mass is 35.5. The van der Waals surface area contributed by atoms with Crippen LogP contribution < -0.4 is 14.4 Å². The number of anilines is 1. The minimum Gasteiger partial charge on any atom is -0.497 e. The van der Waals surface area contributed by atoms with Crippen molar-refractivity contribution in [2.45, 2.75) is 25.4 Å². The third-order valence-corrected chi connectivity index (χ3v) is 6.44. The van der Waals surface area contributed by atoms with Gasteiger partial charge in [0.2, 0.25) is 0 Å². The first-order valence-corrected chi connectivity index (χ1v) is 11.6. The molecule has 0 saturated carbocycles. The third kappa shape index (κ3) is 5.51. The van der Waals surface area contributed by atoms with Crippen LogP contribution in [0.15, 0.2) is 66.7 Å². The standard InChI is InChI=1S/C27H28ClFN2O3/c1-33-25-11-6-20(26(17-25)34-2)18-30-14-12-24(13-15-30)31(23-9-7-22(29)8-10-23)27(32)19-4-3-5-21(28)16-19/h3-11,16-17,24H,12-15,18H2,1-2H3. The lowest BCUT2D eigenvalue weighted by Crippen LogP contribution is -2.47. The highest BCUT2D eigenvalue weighted by molar-refractivity contribution is 6.31. The lowest BCUT2D eigenvalue weighted by atomic mass is 10.00. The Morgan fingerprint density at radius 3 is 2.41 bits per heavy atom. The first kappa shape index (κ1) is 24.0. The summed E-state index contributed by atoms with van der Waals surface area (Å²) < 4.78 is 24.4. The third-order valence-electron chi connectivity index (χ3n) is 6.21. The van der Waals surface area contributed by atoms with E-state index >= 15 is 0 Å². The van der Waals surface area contributed by atoms with Gasteiger partial charge in [0.15, 0.2) is 0 Å². The summed E-state index contributed by atoms with van der Waals surface area (Å²) in [5, 5.41) is 0.508. The number of nitrogens with zero attached hydrogens (tertiary/aromatic N) is 2. The van der Waals surface area contributed by atoms with Gasteiger partial charge in [-0.15, -0.1) is 0 Å². The van der Waals surface area contributed by atoms with Gasteiger partial charge in [-0.2, -0.15) is 0 Å². The molecule has 1 heterocycles. The maximum atomic E-state index is 13.6. The molecule has 1 saturated heterocycles. The molecule has 0 aliphatic carbocycles. The van der Waals surface area contributed by atoms with Crippen LogP contribution in [0.1, 0.15) is 28.8 Å². The molecule has 4 rings (SSSR count). The Morgan fingerprint density at radius 1 is 1.03 bits per heavy atom. The Morgan fingerprint density at radius 2 is 1.76 bits per heavy atom. The summed E-state index contributed by atoms with van der Waals surface area (Å²) in [5.74, 6) is 1.09. The molecule has 0 spiro atoms. The zero-order chi connectivity index (χ0) is 24.1. The maximum absolute atomic E-state index is 13.6. The van der Waals surface area contributed by atoms with E-state index in [9.17, 15) is 9.18 Å². The van der Waals surface area contributed by atoms with Crippen molar-refractivity contribution in [3.63, 3.8) is 0 Å². The van der Waals surface area contributed by atoms with Crippen LogP contribution in [0.25, 0.3) is 0 Å². The van der Waals surface area contributed by atoms with Crippen LogP contribution in [0.3, 0.4) is 0 Å². The number of carbonyl (C=O) groups is 1. The highest BCUT2D eigenvalue weighted by Crippen LogP contribution is 2.30. The average Bonchev–Trinajstić information content (AvgIpc) is 2.86. The monoisotopic (exact) mass is 482 g/mol. The summed E-state index contributed by atoms with van der Waals surface area (Å²) in [6, 6.07) is 18.9. The number of rotatable bonds is 7. The van der Waals surface area contributed by atoms with Crippen LogP contribution in [-0.2, 0) is 6.54 Å². The number of halogens is 2. The summed E-state index contributed by atoms with van der Waals surface area (Å²) in [6.07, 6.45) is 1.59. The molecule has 0 N–H and O–H groups in total. The van der Waals surface area contributed by atoms with E-state index in [1.54, 1.807) is 55.5 Å². The van der Waals surface area contributed by atoms with Gasteiger partial charge < -0.3 is 14.4 Å². The van der Waals surface area contributed by atoms with E-state index in [0.29, 0.717) is 16.3 Å². The quantitative estimate of drug-likeness (QED) is 0.426. The molecule has 34 heavy (non-hydrogen) atoms. The van der Waals surface area contributed by atoms with Crippen LogP contribution in [0.2, 0.25) is 5.02 Å². The number of hydrogen-bond acceptors (Lipinski definition) is 4. The molecule has 178 valence electrons. The maximum Gasteiger partial charge on any atom is 0.258 e. The van der Waals surface area contributed by atoms with Crippen molar-refractivity contribution in [2.24, 2.45) is 0 Å². The molecule has 0 aromatic heterocycles. The van der Waals surface area contributed by atoms with Crippen LogP contribution in [0, 0.1) is 5.82 Å². The van der Waals surface area contributed by atoms with E-state index in [2.05, 4.69) is 4.90 Å². The number of amides is 1. The molecule has 0 bridgehead atoms. The van der Waals surface area contributed by atoms with Crippen LogP contribution in [0.5, 0.6) is 11.5 Å². The van der Waals surface area contributed by atoms with E-state index in [0.717, 1.165) is 49.5 Å². The number of methoxy groups -OCH3 is 2. The molecule has 7 heteroatoms. The summed E-state index contributed by atoms with van der Waals surface area (Å²) in [7, 11) is 3.29. The van der Waals surface area contributed by atoms with E-state index in [1.165, 1.54) is 12.1 Å². The molecule has 1 aliphatic rings. The zero-order valence-electron chi connectivity index (χ0n) is 19.3. The fourth-order valence-corrected chi connectivity index (χ4v) is 4.61. The molecule has 5 nitrogen and oxygen atoms in total. The second-order valence-electron chi connectivity index (χ2n) is 8.35. The minimum absolute atomic E-state index is 0.00837. The van der Waals surface area contributed by atoms with Gasteiger partial charge >= 0.3 is 0 Å². The predicted octanol–water partition coefficient (Wildman–Crippen LogP) is 5.81. The molecular weight excluding hydrogens is 455 g/mol. The van der Waals surface area contributed by atoms with Crippen molar-refractivity contribution in [1.82, 2.24) is 4.90 Å². The average molecular weight is 483 g/mol.